The molecule has 1 aliphatic rings. The molecular weight excluding hydrogens is 377 g/mol. The van der Waals surface area contributed by atoms with Crippen LogP contribution in [0.25, 0.3) is 0 Å². The molecule has 1 N–H and O–H groups in total. The second-order valence-electron chi connectivity index (χ2n) is 6.77. The third kappa shape index (κ3) is 4.67. The lowest BCUT2D eigenvalue weighted by Crippen LogP contribution is -2.53. The van der Waals surface area contributed by atoms with Crippen molar-refractivity contribution in [1.29, 1.82) is 5.26 Å². The number of benzene rings is 2. The molecule has 1 unspecified atom stereocenters. The first kappa shape index (κ1) is 20.2. The molecule has 1 atom stereocenters. The summed E-state index contributed by atoms with van der Waals surface area (Å²) in [4.78, 5) is 26.6. The van der Waals surface area contributed by atoms with E-state index in [2.05, 4.69) is 5.32 Å². The summed E-state index contributed by atoms with van der Waals surface area (Å²) in [5.74, 6) is -0.640. The van der Waals surface area contributed by atoms with Gasteiger partial charge in [-0.25, -0.2) is 4.39 Å². The van der Waals surface area contributed by atoms with Crippen LogP contribution in [-0.4, -0.2) is 48.0 Å². The number of hydrogen-bond donors (Lipinski definition) is 1. The fraction of sp³-hybridized carbons (Fsp3) is 0.300. The summed E-state index contributed by atoms with van der Waals surface area (Å²) in [6.45, 7) is 4.05. The van der Waals surface area contributed by atoms with E-state index in [9.17, 15) is 19.3 Å². The van der Waals surface area contributed by atoms with E-state index in [-0.39, 0.29) is 17.2 Å². The lowest BCUT2D eigenvalue weighted by molar-refractivity contribution is -0.384. The molecule has 1 amide bonds. The highest BCUT2D eigenvalue weighted by Gasteiger charge is 2.26. The van der Waals surface area contributed by atoms with Gasteiger partial charge in [-0.3, -0.25) is 19.8 Å². The zero-order valence-electron chi connectivity index (χ0n) is 15.8. The van der Waals surface area contributed by atoms with Gasteiger partial charge >= 0.3 is 0 Å². The van der Waals surface area contributed by atoms with Gasteiger partial charge in [0.05, 0.1) is 28.3 Å². The molecule has 2 aromatic carbocycles. The average molecular weight is 397 g/mol. The second kappa shape index (κ2) is 8.67. The van der Waals surface area contributed by atoms with Crippen molar-refractivity contribution >= 4 is 23.0 Å². The topological polar surface area (TPSA) is 103 Å². The predicted molar refractivity (Wildman–Crippen MR) is 106 cm³/mol. The highest BCUT2D eigenvalue weighted by atomic mass is 19.1. The minimum Gasteiger partial charge on any atom is -0.367 e. The predicted octanol–water partition coefficient (Wildman–Crippen LogP) is 2.75. The summed E-state index contributed by atoms with van der Waals surface area (Å²) in [5, 5.41) is 22.3. The van der Waals surface area contributed by atoms with Gasteiger partial charge in [-0.05, 0) is 37.3 Å². The van der Waals surface area contributed by atoms with E-state index in [0.29, 0.717) is 37.6 Å². The average Bonchev–Trinajstić information content (AvgIpc) is 2.73. The van der Waals surface area contributed by atoms with Gasteiger partial charge in [0.1, 0.15) is 5.82 Å². The quantitative estimate of drug-likeness (QED) is 0.615. The Bertz CT molecular complexity index is 950. The molecule has 9 heteroatoms. The van der Waals surface area contributed by atoms with Crippen molar-refractivity contribution in [2.75, 3.05) is 36.4 Å². The molecule has 0 saturated carbocycles. The Morgan fingerprint density at radius 1 is 1.21 bits per heavy atom. The van der Waals surface area contributed by atoms with Gasteiger partial charge in [0.15, 0.2) is 0 Å². The van der Waals surface area contributed by atoms with Crippen LogP contribution in [0.5, 0.6) is 0 Å². The Kier molecular flexibility index (Phi) is 6.04. The molecule has 3 rings (SSSR count). The number of rotatable bonds is 5. The number of nitriles is 1. The van der Waals surface area contributed by atoms with Crippen LogP contribution in [0.2, 0.25) is 0 Å². The molecular formula is C20H20FN5O3. The van der Waals surface area contributed by atoms with E-state index < -0.39 is 16.8 Å². The van der Waals surface area contributed by atoms with E-state index in [1.54, 1.807) is 19.1 Å². The number of carbonyl (C=O) groups excluding carboxylic acids is 1. The number of amides is 1. The first-order chi connectivity index (χ1) is 13.9. The summed E-state index contributed by atoms with van der Waals surface area (Å²) in [5.41, 5.74) is 1.18. The van der Waals surface area contributed by atoms with Gasteiger partial charge in [-0.1, -0.05) is 0 Å². The molecule has 1 fully saturated rings. The van der Waals surface area contributed by atoms with Gasteiger partial charge in [-0.2, -0.15) is 5.26 Å². The van der Waals surface area contributed by atoms with Crippen molar-refractivity contribution in [2.24, 2.45) is 0 Å². The van der Waals surface area contributed by atoms with Gasteiger partial charge in [0.2, 0.25) is 5.91 Å². The molecule has 0 bridgehead atoms. The molecule has 0 aliphatic carbocycles. The van der Waals surface area contributed by atoms with E-state index in [0.717, 1.165) is 0 Å². The van der Waals surface area contributed by atoms with Crippen molar-refractivity contribution in [3.8, 4) is 6.07 Å². The summed E-state index contributed by atoms with van der Waals surface area (Å²) >= 11 is 0. The molecule has 2 aromatic rings. The van der Waals surface area contributed by atoms with Gasteiger partial charge in [0.25, 0.3) is 5.69 Å². The molecule has 0 spiro atoms. The number of piperazine rings is 1. The zero-order valence-corrected chi connectivity index (χ0v) is 15.8. The minimum atomic E-state index is -0.496. The summed E-state index contributed by atoms with van der Waals surface area (Å²) < 4.78 is 14.2. The SMILES string of the molecule is CC(C(=O)Nc1ccc([N+](=O)[O-])cc1)N1CCN(c2ccc(C#N)cc2F)CC1. The number of hydrogen-bond acceptors (Lipinski definition) is 6. The van der Waals surface area contributed by atoms with E-state index in [1.807, 2.05) is 15.9 Å². The van der Waals surface area contributed by atoms with Gasteiger partial charge < -0.3 is 10.2 Å². The number of nitrogens with one attached hydrogen (secondary N) is 1. The Morgan fingerprint density at radius 2 is 1.86 bits per heavy atom. The van der Waals surface area contributed by atoms with Crippen molar-refractivity contribution in [2.45, 2.75) is 13.0 Å². The molecule has 1 heterocycles. The molecule has 150 valence electrons. The lowest BCUT2D eigenvalue weighted by Gasteiger charge is -2.38. The smallest absolute Gasteiger partial charge is 0.269 e. The Labute approximate surface area is 167 Å². The van der Waals surface area contributed by atoms with Crippen LogP contribution >= 0.6 is 0 Å². The molecule has 1 saturated heterocycles. The number of nitrogens with zero attached hydrogens (tertiary/aromatic N) is 4. The number of anilines is 2. The fourth-order valence-electron chi connectivity index (χ4n) is 3.26. The summed E-state index contributed by atoms with van der Waals surface area (Å²) in [6.07, 6.45) is 0. The second-order valence-corrected chi connectivity index (χ2v) is 6.77. The third-order valence-electron chi connectivity index (χ3n) is 5.00. The third-order valence-corrected chi connectivity index (χ3v) is 5.00. The molecule has 1 aliphatic heterocycles. The van der Waals surface area contributed by atoms with Crippen molar-refractivity contribution in [3.05, 3.63) is 64.0 Å². The van der Waals surface area contributed by atoms with E-state index in [4.69, 9.17) is 5.26 Å². The van der Waals surface area contributed by atoms with Gasteiger partial charge in [-0.15, -0.1) is 0 Å². The number of nitro benzene ring substituents is 1. The van der Waals surface area contributed by atoms with Crippen molar-refractivity contribution in [1.82, 2.24) is 4.90 Å². The van der Waals surface area contributed by atoms with Crippen molar-refractivity contribution < 1.29 is 14.1 Å². The van der Waals surface area contributed by atoms with E-state index in [1.165, 1.54) is 30.3 Å². The fourth-order valence-corrected chi connectivity index (χ4v) is 3.26. The Hall–Kier alpha value is -3.51. The monoisotopic (exact) mass is 397 g/mol. The Balaban J connectivity index is 1.56. The van der Waals surface area contributed by atoms with Gasteiger partial charge in [0, 0.05) is 44.0 Å². The van der Waals surface area contributed by atoms with Crippen LogP contribution in [0.3, 0.4) is 0 Å². The van der Waals surface area contributed by atoms with E-state index >= 15 is 0 Å². The normalized spacial score (nSPS) is 15.4. The maximum absolute atomic E-state index is 14.2. The van der Waals surface area contributed by atoms with Crippen LogP contribution < -0.4 is 10.2 Å². The lowest BCUT2D eigenvalue weighted by atomic mass is 10.1. The van der Waals surface area contributed by atoms with Crippen molar-refractivity contribution in [3.63, 3.8) is 0 Å². The van der Waals surface area contributed by atoms with Crippen LogP contribution in [0.15, 0.2) is 42.5 Å². The zero-order chi connectivity index (χ0) is 21.0. The highest BCUT2D eigenvalue weighted by Crippen LogP contribution is 2.23. The maximum Gasteiger partial charge on any atom is 0.269 e. The molecule has 29 heavy (non-hydrogen) atoms. The van der Waals surface area contributed by atoms with Crippen LogP contribution in [0.4, 0.5) is 21.5 Å². The van der Waals surface area contributed by atoms with Crippen LogP contribution in [-0.2, 0) is 4.79 Å². The number of carbonyl (C=O) groups is 1. The number of nitro groups is 1. The van der Waals surface area contributed by atoms with Crippen LogP contribution in [0, 0.1) is 27.3 Å². The maximum atomic E-state index is 14.2. The van der Waals surface area contributed by atoms with Crippen LogP contribution in [0.1, 0.15) is 12.5 Å². The highest BCUT2D eigenvalue weighted by molar-refractivity contribution is 5.94. The standard InChI is InChI=1S/C20H20FN5O3/c1-14(20(27)23-16-3-5-17(6-4-16)26(28)29)24-8-10-25(11-9-24)19-7-2-15(13-22)12-18(19)21/h2-7,12,14H,8-11H2,1H3,(H,23,27). The number of halogens is 1. The molecule has 0 aromatic heterocycles. The summed E-state index contributed by atoms with van der Waals surface area (Å²) in [6, 6.07) is 11.6. The Morgan fingerprint density at radius 3 is 2.41 bits per heavy atom. The first-order valence-electron chi connectivity index (χ1n) is 9.13. The molecule has 8 nitrogen and oxygen atoms in total. The minimum absolute atomic E-state index is 0.0396. The first-order valence-corrected chi connectivity index (χ1v) is 9.13. The number of non-ortho nitro benzene ring substituents is 1. The largest absolute Gasteiger partial charge is 0.367 e. The summed E-state index contributed by atoms with van der Waals surface area (Å²) in [7, 11) is 0. The molecule has 0 radical (unpaired) electrons.